The summed E-state index contributed by atoms with van der Waals surface area (Å²) in [6, 6.07) is 17.7. The van der Waals surface area contributed by atoms with Gasteiger partial charge in [-0.1, -0.05) is 29.7 Å². The number of imidazole rings is 1. The number of benzene rings is 2. The molecule has 0 aliphatic heterocycles. The van der Waals surface area contributed by atoms with Crippen LogP contribution in [0.3, 0.4) is 0 Å². The molecule has 0 radical (unpaired) electrons. The Labute approximate surface area is 258 Å². The maximum atomic E-state index is 14.3. The lowest BCUT2D eigenvalue weighted by Gasteiger charge is -2.18. The minimum atomic E-state index is -0.704. The number of halogens is 2. The molecule has 3 heterocycles. The van der Waals surface area contributed by atoms with Crippen molar-refractivity contribution < 1.29 is 14.0 Å². The van der Waals surface area contributed by atoms with Crippen molar-refractivity contribution in [2.24, 2.45) is 0 Å². The van der Waals surface area contributed by atoms with Gasteiger partial charge in [-0.2, -0.15) is 10.4 Å². The fourth-order valence-corrected chi connectivity index (χ4v) is 5.08. The van der Waals surface area contributed by atoms with Crippen LogP contribution in [-0.2, 0) is 6.54 Å². The fourth-order valence-electron chi connectivity index (χ4n) is 4.76. The van der Waals surface area contributed by atoms with E-state index in [1.165, 1.54) is 12.1 Å². The molecule has 2 amide bonds. The van der Waals surface area contributed by atoms with Crippen LogP contribution in [0, 0.1) is 35.9 Å². The van der Waals surface area contributed by atoms with Crippen LogP contribution in [0.5, 0.6) is 0 Å². The summed E-state index contributed by atoms with van der Waals surface area (Å²) >= 11 is 6.15. The Morgan fingerprint density at radius 2 is 1.91 bits per heavy atom. The predicted octanol–water partition coefficient (Wildman–Crippen LogP) is 5.21. The highest BCUT2D eigenvalue weighted by atomic mass is 35.5. The van der Waals surface area contributed by atoms with Gasteiger partial charge in [-0.3, -0.25) is 9.59 Å². The number of fused-ring (bicyclic) bond motifs is 1. The summed E-state index contributed by atoms with van der Waals surface area (Å²) in [4.78, 5) is 30.3. The van der Waals surface area contributed by atoms with Crippen LogP contribution < -0.4 is 10.6 Å². The first-order chi connectivity index (χ1) is 21.3. The van der Waals surface area contributed by atoms with Gasteiger partial charge in [-0.15, -0.1) is 0 Å². The van der Waals surface area contributed by atoms with E-state index in [0.717, 1.165) is 5.56 Å². The highest BCUT2D eigenvalue weighted by molar-refractivity contribution is 6.31. The largest absolute Gasteiger partial charge is 0.352 e. The van der Waals surface area contributed by atoms with Crippen LogP contribution >= 0.6 is 11.6 Å². The quantitative estimate of drug-likeness (QED) is 0.185. The molecule has 11 heteroatoms. The van der Waals surface area contributed by atoms with Crippen molar-refractivity contribution in [3.05, 3.63) is 123 Å². The van der Waals surface area contributed by atoms with Gasteiger partial charge >= 0.3 is 0 Å². The van der Waals surface area contributed by atoms with Gasteiger partial charge in [-0.25, -0.2) is 13.9 Å². The molecule has 2 N–H and O–H groups in total. The number of nitriles is 1. The van der Waals surface area contributed by atoms with E-state index in [1.807, 2.05) is 19.1 Å². The summed E-state index contributed by atoms with van der Waals surface area (Å²) in [5.74, 6) is 4.93. The number of carbonyl (C=O) groups is 2. The van der Waals surface area contributed by atoms with Crippen molar-refractivity contribution >= 4 is 29.1 Å². The first kappa shape index (κ1) is 30.0. The molecular weight excluding hydrogens is 581 g/mol. The van der Waals surface area contributed by atoms with Crippen LogP contribution in [0.1, 0.15) is 68.3 Å². The van der Waals surface area contributed by atoms with Gasteiger partial charge in [0.2, 0.25) is 0 Å². The molecular formula is C33H27ClFN7O2. The Bertz CT molecular complexity index is 1960. The molecule has 0 fully saturated rings. The zero-order valence-electron chi connectivity index (χ0n) is 23.9. The number of amides is 2. The number of hydrogen-bond acceptors (Lipinski definition) is 5. The van der Waals surface area contributed by atoms with Crippen LogP contribution in [0.25, 0.3) is 5.65 Å². The van der Waals surface area contributed by atoms with E-state index in [-0.39, 0.29) is 22.2 Å². The molecule has 1 unspecified atom stereocenters. The second-order valence-electron chi connectivity index (χ2n) is 10.0. The number of aryl methyl sites for hydroxylation is 1. The zero-order chi connectivity index (χ0) is 31.2. The summed E-state index contributed by atoms with van der Waals surface area (Å²) in [7, 11) is 0. The summed E-state index contributed by atoms with van der Waals surface area (Å²) in [6.45, 7) is 4.15. The van der Waals surface area contributed by atoms with Crippen molar-refractivity contribution in [1.29, 1.82) is 5.26 Å². The van der Waals surface area contributed by atoms with Gasteiger partial charge in [0.15, 0.2) is 5.65 Å². The number of rotatable bonds is 8. The lowest BCUT2D eigenvalue weighted by atomic mass is 10.0. The second kappa shape index (κ2) is 13.2. The van der Waals surface area contributed by atoms with Crippen molar-refractivity contribution in [3.8, 4) is 17.9 Å². The second-order valence-corrected chi connectivity index (χ2v) is 10.4. The average Bonchev–Trinajstić information content (AvgIpc) is 3.62. The third-order valence-corrected chi connectivity index (χ3v) is 7.38. The van der Waals surface area contributed by atoms with Gasteiger partial charge in [0, 0.05) is 41.0 Å². The molecule has 220 valence electrons. The minimum Gasteiger partial charge on any atom is -0.352 e. The standard InChI is InChI=1S/C33H27ClFN7O2/c1-21-9-10-24(18-23(21)11-12-26-20-38-30-8-4-16-39-42(26)30)32(43)37-15-5-17-41-25(19-36)13-14-29(41)33(44)40-22(2)31-27(34)6-3-7-28(31)35/h3-4,6-10,13-14,16,18,20,22H,5,15,17H2,1-2H3,(H,37,43)(H,40,44). The number of nitrogens with one attached hydrogen (secondary N) is 2. The number of carbonyl (C=O) groups excluding carboxylic acids is 2. The molecule has 0 saturated heterocycles. The van der Waals surface area contributed by atoms with Crippen LogP contribution in [0.2, 0.25) is 5.02 Å². The molecule has 0 aliphatic carbocycles. The van der Waals surface area contributed by atoms with Crippen LogP contribution in [0.4, 0.5) is 4.39 Å². The molecule has 0 spiro atoms. The molecule has 0 bridgehead atoms. The topological polar surface area (TPSA) is 117 Å². The Morgan fingerprint density at radius 3 is 2.70 bits per heavy atom. The molecule has 44 heavy (non-hydrogen) atoms. The lowest BCUT2D eigenvalue weighted by molar-refractivity contribution is 0.0924. The monoisotopic (exact) mass is 607 g/mol. The summed E-state index contributed by atoms with van der Waals surface area (Å²) in [6.07, 6.45) is 3.76. The number of hydrogen-bond donors (Lipinski definition) is 2. The van der Waals surface area contributed by atoms with Gasteiger partial charge in [0.1, 0.15) is 29.0 Å². The number of nitrogens with zero attached hydrogens (tertiary/aromatic N) is 5. The molecule has 0 aliphatic rings. The van der Waals surface area contributed by atoms with E-state index in [4.69, 9.17) is 11.6 Å². The van der Waals surface area contributed by atoms with Gasteiger partial charge in [0.05, 0.1) is 12.2 Å². The third kappa shape index (κ3) is 6.46. The SMILES string of the molecule is Cc1ccc(C(=O)NCCCn2c(C#N)ccc2C(=O)NC(C)c2c(F)cccc2Cl)cc1C#Cc1cnc2cccnn12. The van der Waals surface area contributed by atoms with Crippen molar-refractivity contribution in [3.63, 3.8) is 0 Å². The third-order valence-electron chi connectivity index (χ3n) is 7.06. The first-order valence-electron chi connectivity index (χ1n) is 13.8. The Kier molecular flexibility index (Phi) is 9.03. The number of aromatic nitrogens is 4. The molecule has 1 atom stereocenters. The molecule has 5 aromatic rings. The van der Waals surface area contributed by atoms with Crippen LogP contribution in [-0.4, -0.2) is 37.5 Å². The molecule has 5 rings (SSSR count). The Morgan fingerprint density at radius 1 is 1.07 bits per heavy atom. The molecule has 0 saturated carbocycles. The highest BCUT2D eigenvalue weighted by Crippen LogP contribution is 2.26. The van der Waals surface area contributed by atoms with Crippen molar-refractivity contribution in [2.45, 2.75) is 32.9 Å². The Hall–Kier alpha value is -5.45. The maximum absolute atomic E-state index is 14.3. The smallest absolute Gasteiger partial charge is 0.268 e. The van der Waals surface area contributed by atoms with Crippen LogP contribution in [0.15, 0.2) is 73.1 Å². The minimum absolute atomic E-state index is 0.182. The average molecular weight is 608 g/mol. The zero-order valence-corrected chi connectivity index (χ0v) is 24.7. The molecule has 3 aromatic heterocycles. The van der Waals surface area contributed by atoms with E-state index in [1.54, 1.807) is 64.8 Å². The summed E-state index contributed by atoms with van der Waals surface area (Å²) in [5, 5.41) is 19.7. The summed E-state index contributed by atoms with van der Waals surface area (Å²) in [5.41, 5.74) is 4.13. The van der Waals surface area contributed by atoms with E-state index in [0.29, 0.717) is 47.7 Å². The predicted molar refractivity (Wildman–Crippen MR) is 164 cm³/mol. The van der Waals surface area contributed by atoms with E-state index in [9.17, 15) is 19.2 Å². The first-order valence-corrected chi connectivity index (χ1v) is 14.2. The summed E-state index contributed by atoms with van der Waals surface area (Å²) < 4.78 is 17.6. The van der Waals surface area contributed by atoms with Gasteiger partial charge in [-0.05, 0) is 80.3 Å². The van der Waals surface area contributed by atoms with Crippen molar-refractivity contribution in [1.82, 2.24) is 29.8 Å². The normalized spacial score (nSPS) is 11.3. The van der Waals surface area contributed by atoms with E-state index < -0.39 is 17.8 Å². The van der Waals surface area contributed by atoms with Gasteiger partial charge < -0.3 is 15.2 Å². The fraction of sp³-hybridized carbons (Fsp3) is 0.182. The molecule has 2 aromatic carbocycles. The highest BCUT2D eigenvalue weighted by Gasteiger charge is 2.21. The van der Waals surface area contributed by atoms with Gasteiger partial charge in [0.25, 0.3) is 11.8 Å². The van der Waals surface area contributed by atoms with E-state index >= 15 is 0 Å². The Balaban J connectivity index is 1.21. The van der Waals surface area contributed by atoms with E-state index in [2.05, 4.69) is 38.6 Å². The molecule has 9 nitrogen and oxygen atoms in total. The lowest BCUT2D eigenvalue weighted by Crippen LogP contribution is -2.30. The maximum Gasteiger partial charge on any atom is 0.268 e. The van der Waals surface area contributed by atoms with Crippen molar-refractivity contribution in [2.75, 3.05) is 6.54 Å².